The summed E-state index contributed by atoms with van der Waals surface area (Å²) in [5.41, 5.74) is 5.35. The first-order chi connectivity index (χ1) is 11.7. The molecule has 0 unspecified atom stereocenters. The van der Waals surface area contributed by atoms with E-state index in [4.69, 9.17) is 0 Å². The molecule has 1 saturated heterocycles. The van der Waals surface area contributed by atoms with Crippen LogP contribution in [0.4, 0.5) is 5.69 Å². The van der Waals surface area contributed by atoms with Gasteiger partial charge in [0.05, 0.1) is 0 Å². The van der Waals surface area contributed by atoms with Crippen LogP contribution in [-0.2, 0) is 13.1 Å². The number of aryl methyl sites for hydroxylation is 1. The first-order valence-corrected chi connectivity index (χ1v) is 9.07. The highest BCUT2D eigenvalue weighted by atomic mass is 15.3. The Morgan fingerprint density at radius 3 is 1.88 bits per heavy atom. The van der Waals surface area contributed by atoms with Crippen LogP contribution in [0, 0.1) is 6.92 Å². The number of likely N-dealkylation sites (N-methyl/N-ethyl adjacent to an activating group) is 1. The standard InChI is InChI=1S/C21H29N3/c1-3-23-12-14-24(15-13-23)21-10-8-20(9-11-21)17-22-16-19-6-4-18(2)5-7-19/h4-11,22H,3,12-17H2,1-2H3. The Morgan fingerprint density at radius 1 is 0.792 bits per heavy atom. The third kappa shape index (κ3) is 4.59. The van der Waals surface area contributed by atoms with Crippen molar-refractivity contribution in [1.29, 1.82) is 0 Å². The van der Waals surface area contributed by atoms with Gasteiger partial charge < -0.3 is 15.1 Å². The molecule has 3 heteroatoms. The number of rotatable bonds is 6. The molecule has 0 atom stereocenters. The van der Waals surface area contributed by atoms with Gasteiger partial charge in [-0.3, -0.25) is 0 Å². The average Bonchev–Trinajstić information content (AvgIpc) is 2.64. The average molecular weight is 323 g/mol. The van der Waals surface area contributed by atoms with Crippen LogP contribution in [0.25, 0.3) is 0 Å². The number of nitrogens with one attached hydrogen (secondary N) is 1. The molecule has 1 aliphatic rings. The van der Waals surface area contributed by atoms with Crippen LogP contribution in [-0.4, -0.2) is 37.6 Å². The van der Waals surface area contributed by atoms with E-state index < -0.39 is 0 Å². The van der Waals surface area contributed by atoms with Crippen molar-refractivity contribution in [1.82, 2.24) is 10.2 Å². The van der Waals surface area contributed by atoms with Crippen LogP contribution >= 0.6 is 0 Å². The number of hydrogen-bond acceptors (Lipinski definition) is 3. The van der Waals surface area contributed by atoms with Gasteiger partial charge in [-0.25, -0.2) is 0 Å². The Kier molecular flexibility index (Phi) is 5.89. The van der Waals surface area contributed by atoms with Gasteiger partial charge in [0.25, 0.3) is 0 Å². The first-order valence-electron chi connectivity index (χ1n) is 9.07. The quantitative estimate of drug-likeness (QED) is 0.879. The SMILES string of the molecule is CCN1CCN(c2ccc(CNCc3ccc(C)cc3)cc2)CC1. The van der Waals surface area contributed by atoms with E-state index in [0.29, 0.717) is 0 Å². The summed E-state index contributed by atoms with van der Waals surface area (Å²) in [5, 5.41) is 3.53. The summed E-state index contributed by atoms with van der Waals surface area (Å²) < 4.78 is 0. The monoisotopic (exact) mass is 323 g/mol. The molecule has 1 N–H and O–H groups in total. The summed E-state index contributed by atoms with van der Waals surface area (Å²) in [6, 6.07) is 17.8. The molecule has 2 aromatic rings. The minimum atomic E-state index is 0.914. The minimum absolute atomic E-state index is 0.914. The molecule has 0 radical (unpaired) electrons. The molecule has 2 aromatic carbocycles. The van der Waals surface area contributed by atoms with E-state index in [1.165, 1.54) is 42.0 Å². The molecule has 128 valence electrons. The molecule has 3 rings (SSSR count). The Bertz CT molecular complexity index is 611. The van der Waals surface area contributed by atoms with Gasteiger partial charge in [-0.2, -0.15) is 0 Å². The maximum atomic E-state index is 3.53. The Labute approximate surface area is 146 Å². The minimum Gasteiger partial charge on any atom is -0.369 e. The van der Waals surface area contributed by atoms with Gasteiger partial charge in [-0.15, -0.1) is 0 Å². The molecular weight excluding hydrogens is 294 g/mol. The second kappa shape index (κ2) is 8.32. The van der Waals surface area contributed by atoms with E-state index in [-0.39, 0.29) is 0 Å². The maximum Gasteiger partial charge on any atom is 0.0367 e. The van der Waals surface area contributed by atoms with Gasteiger partial charge >= 0.3 is 0 Å². The van der Waals surface area contributed by atoms with Crippen molar-refractivity contribution in [2.24, 2.45) is 0 Å². The summed E-state index contributed by atoms with van der Waals surface area (Å²) in [5.74, 6) is 0. The molecule has 3 nitrogen and oxygen atoms in total. The van der Waals surface area contributed by atoms with Gasteiger partial charge in [-0.1, -0.05) is 48.9 Å². The molecule has 0 saturated carbocycles. The third-order valence-corrected chi connectivity index (χ3v) is 4.90. The molecule has 0 aliphatic carbocycles. The highest BCUT2D eigenvalue weighted by molar-refractivity contribution is 5.48. The third-order valence-electron chi connectivity index (χ3n) is 4.90. The smallest absolute Gasteiger partial charge is 0.0367 e. The zero-order chi connectivity index (χ0) is 16.8. The number of anilines is 1. The zero-order valence-corrected chi connectivity index (χ0v) is 15.0. The fourth-order valence-electron chi connectivity index (χ4n) is 3.20. The predicted octanol–water partition coefficient (Wildman–Crippen LogP) is 3.43. The van der Waals surface area contributed by atoms with Crippen molar-refractivity contribution in [3.05, 3.63) is 65.2 Å². The van der Waals surface area contributed by atoms with Crippen molar-refractivity contribution < 1.29 is 0 Å². The second-order valence-electron chi connectivity index (χ2n) is 6.68. The van der Waals surface area contributed by atoms with Crippen LogP contribution in [0.3, 0.4) is 0 Å². The van der Waals surface area contributed by atoms with E-state index in [1.807, 2.05) is 0 Å². The Morgan fingerprint density at radius 2 is 1.33 bits per heavy atom. The topological polar surface area (TPSA) is 18.5 Å². The fourth-order valence-corrected chi connectivity index (χ4v) is 3.20. The molecule has 1 aliphatic heterocycles. The summed E-state index contributed by atoms with van der Waals surface area (Å²) >= 11 is 0. The van der Waals surface area contributed by atoms with Crippen molar-refractivity contribution in [3.63, 3.8) is 0 Å². The largest absolute Gasteiger partial charge is 0.369 e. The van der Waals surface area contributed by atoms with E-state index >= 15 is 0 Å². The van der Waals surface area contributed by atoms with Crippen molar-refractivity contribution in [2.75, 3.05) is 37.6 Å². The van der Waals surface area contributed by atoms with Gasteiger partial charge in [-0.05, 0) is 36.7 Å². The van der Waals surface area contributed by atoms with E-state index in [0.717, 1.165) is 26.2 Å². The summed E-state index contributed by atoms with van der Waals surface area (Å²) in [4.78, 5) is 5.01. The highest BCUT2D eigenvalue weighted by Crippen LogP contribution is 2.17. The lowest BCUT2D eigenvalue weighted by atomic mass is 10.1. The predicted molar refractivity (Wildman–Crippen MR) is 102 cm³/mol. The molecule has 1 fully saturated rings. The summed E-state index contributed by atoms with van der Waals surface area (Å²) in [7, 11) is 0. The van der Waals surface area contributed by atoms with Crippen LogP contribution in [0.2, 0.25) is 0 Å². The number of benzene rings is 2. The molecule has 1 heterocycles. The molecule has 0 bridgehead atoms. The first kappa shape index (κ1) is 17.0. The maximum absolute atomic E-state index is 3.53. The number of piperazine rings is 1. The molecule has 0 amide bonds. The van der Waals surface area contributed by atoms with Gasteiger partial charge in [0.2, 0.25) is 0 Å². The Hall–Kier alpha value is -1.84. The number of nitrogens with zero attached hydrogens (tertiary/aromatic N) is 2. The fraction of sp³-hybridized carbons (Fsp3) is 0.429. The summed E-state index contributed by atoms with van der Waals surface area (Å²) in [6.07, 6.45) is 0. The van der Waals surface area contributed by atoms with E-state index in [2.05, 4.69) is 77.5 Å². The van der Waals surface area contributed by atoms with Crippen LogP contribution in [0.1, 0.15) is 23.6 Å². The lowest BCUT2D eigenvalue weighted by Crippen LogP contribution is -2.46. The van der Waals surface area contributed by atoms with Crippen LogP contribution in [0.15, 0.2) is 48.5 Å². The lowest BCUT2D eigenvalue weighted by molar-refractivity contribution is 0.271. The van der Waals surface area contributed by atoms with Crippen molar-refractivity contribution in [2.45, 2.75) is 26.9 Å². The van der Waals surface area contributed by atoms with Crippen molar-refractivity contribution >= 4 is 5.69 Å². The van der Waals surface area contributed by atoms with E-state index in [9.17, 15) is 0 Å². The van der Waals surface area contributed by atoms with E-state index in [1.54, 1.807) is 0 Å². The molecule has 0 spiro atoms. The Balaban J connectivity index is 1.47. The molecular formula is C21H29N3. The molecule has 0 aromatic heterocycles. The highest BCUT2D eigenvalue weighted by Gasteiger charge is 2.15. The lowest BCUT2D eigenvalue weighted by Gasteiger charge is -2.35. The van der Waals surface area contributed by atoms with Gasteiger partial charge in [0, 0.05) is 45.0 Å². The van der Waals surface area contributed by atoms with Crippen molar-refractivity contribution in [3.8, 4) is 0 Å². The molecule has 24 heavy (non-hydrogen) atoms. The normalized spacial score (nSPS) is 15.7. The number of hydrogen-bond donors (Lipinski definition) is 1. The van der Waals surface area contributed by atoms with Gasteiger partial charge in [0.15, 0.2) is 0 Å². The van der Waals surface area contributed by atoms with Crippen LogP contribution < -0.4 is 10.2 Å². The zero-order valence-electron chi connectivity index (χ0n) is 15.0. The van der Waals surface area contributed by atoms with Crippen LogP contribution in [0.5, 0.6) is 0 Å². The summed E-state index contributed by atoms with van der Waals surface area (Å²) in [6.45, 7) is 12.0. The van der Waals surface area contributed by atoms with Gasteiger partial charge in [0.1, 0.15) is 0 Å². The second-order valence-corrected chi connectivity index (χ2v) is 6.68.